The molecule has 12 rings (SSSR count). The van der Waals surface area contributed by atoms with Crippen molar-refractivity contribution in [3.05, 3.63) is 254 Å². The van der Waals surface area contributed by atoms with E-state index in [0.717, 1.165) is 77.6 Å². The van der Waals surface area contributed by atoms with Crippen LogP contribution in [-0.4, -0.2) is 0 Å². The molecule has 348 valence electrons. The Morgan fingerprint density at radius 3 is 1.35 bits per heavy atom. The molecule has 0 saturated carbocycles. The van der Waals surface area contributed by atoms with Crippen LogP contribution in [0.15, 0.2) is 247 Å². The summed E-state index contributed by atoms with van der Waals surface area (Å²) in [6.45, 7) is 11.3. The Morgan fingerprint density at radius 2 is 0.806 bits per heavy atom. The first-order valence-corrected chi connectivity index (χ1v) is 25.2. The minimum Gasteiger partial charge on any atom is -0.456 e. The summed E-state index contributed by atoms with van der Waals surface area (Å²) in [5.74, 6) is 0.473. The highest BCUT2D eigenvalue weighted by Crippen LogP contribution is 2.46. The van der Waals surface area contributed by atoms with E-state index in [4.69, 9.17) is 4.42 Å². The van der Waals surface area contributed by atoms with Gasteiger partial charge in [0.15, 0.2) is 0 Å². The van der Waals surface area contributed by atoms with E-state index < -0.39 is 0 Å². The van der Waals surface area contributed by atoms with Crippen molar-refractivity contribution >= 4 is 77.6 Å². The molecule has 0 aliphatic carbocycles. The van der Waals surface area contributed by atoms with Crippen molar-refractivity contribution in [3.63, 3.8) is 0 Å². The molecule has 0 spiro atoms. The lowest BCUT2D eigenvalue weighted by atomic mass is 9.86. The highest BCUT2D eigenvalue weighted by atomic mass is 16.3. The van der Waals surface area contributed by atoms with E-state index >= 15 is 0 Å². The molecule has 3 nitrogen and oxygen atoms in total. The van der Waals surface area contributed by atoms with Gasteiger partial charge >= 0.3 is 0 Å². The van der Waals surface area contributed by atoms with E-state index in [0.29, 0.717) is 5.92 Å². The average Bonchev–Trinajstić information content (AvgIpc) is 3.76. The molecule has 0 aliphatic heterocycles. The maximum Gasteiger partial charge on any atom is 0.136 e. The fourth-order valence-corrected chi connectivity index (χ4v) is 10.4. The number of fused-ring (bicyclic) bond motifs is 5. The number of hydrogen-bond donors (Lipinski definition) is 0. The number of hydrogen-bond acceptors (Lipinski definition) is 3. The number of furan rings is 1. The van der Waals surface area contributed by atoms with Gasteiger partial charge in [-0.2, -0.15) is 0 Å². The van der Waals surface area contributed by atoms with Gasteiger partial charge in [-0.25, -0.2) is 0 Å². The lowest BCUT2D eigenvalue weighted by molar-refractivity contribution is 0.590. The van der Waals surface area contributed by atoms with E-state index in [1.165, 1.54) is 44.5 Å². The van der Waals surface area contributed by atoms with Crippen molar-refractivity contribution in [3.8, 4) is 33.4 Å². The molecule has 0 radical (unpaired) electrons. The number of para-hydroxylation sites is 3. The Morgan fingerprint density at radius 1 is 0.347 bits per heavy atom. The van der Waals surface area contributed by atoms with Gasteiger partial charge in [0, 0.05) is 44.6 Å². The van der Waals surface area contributed by atoms with E-state index in [2.05, 4.69) is 287 Å². The molecule has 11 aromatic carbocycles. The van der Waals surface area contributed by atoms with Crippen LogP contribution in [0.5, 0.6) is 0 Å². The van der Waals surface area contributed by atoms with Crippen molar-refractivity contribution in [2.24, 2.45) is 0 Å². The molecule has 3 heteroatoms. The molecular formula is C69H56N2O. The van der Waals surface area contributed by atoms with Crippen LogP contribution < -0.4 is 9.80 Å². The summed E-state index contributed by atoms with van der Waals surface area (Å²) in [6, 6.07) is 88.5. The smallest absolute Gasteiger partial charge is 0.136 e. The third-order valence-electron chi connectivity index (χ3n) is 14.3. The average molecular weight is 929 g/mol. The molecule has 12 aromatic rings. The predicted octanol–water partition coefficient (Wildman–Crippen LogP) is 20.3. The standard InChI is InChI=1S/C69H56N2O/c1-46(2)47-27-29-49(30-28-47)61-23-12-14-25-65(61)70(57-20-10-7-11-21-57)59-37-33-52-42-63-64-43-53-34-38-60(41-55(53)45-68(64)72-67(63)44-54(52)40-59)71(58-22-16-19-51(39-58)48-17-8-6-9-18-48)66-26-15-13-24-62(66)50-31-35-56(36-32-50)69(3,4)5/h6-46H,1-5H3. The van der Waals surface area contributed by atoms with Gasteiger partial charge in [-0.1, -0.05) is 192 Å². The van der Waals surface area contributed by atoms with Crippen LogP contribution in [0.25, 0.3) is 76.9 Å². The highest BCUT2D eigenvalue weighted by molar-refractivity contribution is 6.14. The Bertz CT molecular complexity index is 3920. The normalized spacial score (nSPS) is 11.8. The maximum absolute atomic E-state index is 6.86. The fourth-order valence-electron chi connectivity index (χ4n) is 10.4. The third-order valence-corrected chi connectivity index (χ3v) is 14.3. The Labute approximate surface area is 422 Å². The number of anilines is 6. The Hall–Kier alpha value is -8.66. The maximum atomic E-state index is 6.86. The third kappa shape index (κ3) is 8.37. The van der Waals surface area contributed by atoms with E-state index in [-0.39, 0.29) is 5.41 Å². The monoisotopic (exact) mass is 928 g/mol. The summed E-state index contributed by atoms with van der Waals surface area (Å²) >= 11 is 0. The molecule has 1 heterocycles. The zero-order valence-electron chi connectivity index (χ0n) is 41.5. The van der Waals surface area contributed by atoms with Gasteiger partial charge in [-0.3, -0.25) is 0 Å². The fraction of sp³-hybridized carbons (Fsp3) is 0.101. The Balaban J connectivity index is 0.962. The second kappa shape index (κ2) is 18.3. The zero-order chi connectivity index (χ0) is 48.9. The molecule has 0 N–H and O–H groups in total. The summed E-state index contributed by atoms with van der Waals surface area (Å²) in [6.07, 6.45) is 0. The first-order valence-electron chi connectivity index (χ1n) is 25.2. The van der Waals surface area contributed by atoms with Crippen molar-refractivity contribution in [2.75, 3.05) is 9.80 Å². The topological polar surface area (TPSA) is 19.6 Å². The van der Waals surface area contributed by atoms with Gasteiger partial charge in [0.05, 0.1) is 11.4 Å². The molecule has 0 amide bonds. The largest absolute Gasteiger partial charge is 0.456 e. The van der Waals surface area contributed by atoms with Crippen LogP contribution in [0, 0.1) is 0 Å². The summed E-state index contributed by atoms with van der Waals surface area (Å²) in [7, 11) is 0. The van der Waals surface area contributed by atoms with E-state index in [1.807, 2.05) is 0 Å². The van der Waals surface area contributed by atoms with Crippen LogP contribution >= 0.6 is 0 Å². The second-order valence-electron chi connectivity index (χ2n) is 20.4. The van der Waals surface area contributed by atoms with Crippen LogP contribution in [0.2, 0.25) is 0 Å². The minimum atomic E-state index is 0.0640. The predicted molar refractivity (Wildman–Crippen MR) is 307 cm³/mol. The highest BCUT2D eigenvalue weighted by Gasteiger charge is 2.22. The molecule has 1 aromatic heterocycles. The van der Waals surface area contributed by atoms with Crippen molar-refractivity contribution < 1.29 is 4.42 Å². The molecule has 0 aliphatic rings. The van der Waals surface area contributed by atoms with Gasteiger partial charge < -0.3 is 14.2 Å². The molecular weight excluding hydrogens is 873 g/mol. The van der Waals surface area contributed by atoms with Gasteiger partial charge in [0.2, 0.25) is 0 Å². The minimum absolute atomic E-state index is 0.0640. The molecule has 0 unspecified atom stereocenters. The lowest BCUT2D eigenvalue weighted by Gasteiger charge is -2.29. The summed E-state index contributed by atoms with van der Waals surface area (Å²) in [4.78, 5) is 4.78. The molecule has 0 atom stereocenters. The molecule has 0 bridgehead atoms. The quantitative estimate of drug-likeness (QED) is 0.136. The van der Waals surface area contributed by atoms with Gasteiger partial charge in [-0.05, 0) is 151 Å². The summed E-state index contributed by atoms with van der Waals surface area (Å²) < 4.78 is 6.86. The van der Waals surface area contributed by atoms with Crippen LogP contribution in [0.3, 0.4) is 0 Å². The summed E-state index contributed by atoms with van der Waals surface area (Å²) in [5.41, 5.74) is 18.1. The molecule has 72 heavy (non-hydrogen) atoms. The molecule has 0 saturated heterocycles. The van der Waals surface area contributed by atoms with Crippen molar-refractivity contribution in [1.29, 1.82) is 0 Å². The first kappa shape index (κ1) is 44.5. The van der Waals surface area contributed by atoms with Gasteiger partial charge in [-0.15, -0.1) is 0 Å². The van der Waals surface area contributed by atoms with E-state index in [9.17, 15) is 0 Å². The zero-order valence-corrected chi connectivity index (χ0v) is 41.5. The number of benzene rings is 11. The Kier molecular flexibility index (Phi) is 11.3. The number of nitrogens with zero attached hydrogens (tertiary/aromatic N) is 2. The number of rotatable bonds is 10. The summed E-state index contributed by atoms with van der Waals surface area (Å²) in [5, 5.41) is 6.76. The van der Waals surface area contributed by atoms with Crippen molar-refractivity contribution in [2.45, 2.75) is 46.0 Å². The molecule has 0 fully saturated rings. The van der Waals surface area contributed by atoms with Gasteiger partial charge in [0.1, 0.15) is 11.2 Å². The van der Waals surface area contributed by atoms with Crippen molar-refractivity contribution in [1.82, 2.24) is 0 Å². The SMILES string of the molecule is CC(C)c1ccc(-c2ccccc2N(c2ccccc2)c2ccc3cc4c(cc3c2)oc2cc3cc(N(c5cccc(-c6ccccc6)c5)c5ccccc5-c5ccc(C(C)(C)C)cc5)ccc3cc24)cc1. The first-order chi connectivity index (χ1) is 35.1. The second-order valence-corrected chi connectivity index (χ2v) is 20.4. The van der Waals surface area contributed by atoms with Crippen LogP contribution in [0.4, 0.5) is 34.1 Å². The van der Waals surface area contributed by atoms with E-state index in [1.54, 1.807) is 0 Å². The van der Waals surface area contributed by atoms with Gasteiger partial charge in [0.25, 0.3) is 0 Å². The van der Waals surface area contributed by atoms with Crippen LogP contribution in [-0.2, 0) is 5.41 Å². The lowest BCUT2D eigenvalue weighted by Crippen LogP contribution is -2.12. The van der Waals surface area contributed by atoms with Crippen LogP contribution in [0.1, 0.15) is 51.7 Å².